The van der Waals surface area contributed by atoms with Crippen molar-refractivity contribution in [1.29, 1.82) is 0 Å². The Morgan fingerprint density at radius 1 is 1.26 bits per heavy atom. The molecule has 2 rings (SSSR count). The summed E-state index contributed by atoms with van der Waals surface area (Å²) in [4.78, 5) is 39.1. The highest BCUT2D eigenvalue weighted by atomic mass is 16.7. The van der Waals surface area contributed by atoms with Crippen LogP contribution in [-0.2, 0) is 32.2 Å². The highest BCUT2D eigenvalue weighted by Crippen LogP contribution is 2.16. The Labute approximate surface area is 134 Å². The van der Waals surface area contributed by atoms with Gasteiger partial charge in [0, 0.05) is 32.0 Å². The summed E-state index contributed by atoms with van der Waals surface area (Å²) < 4.78 is 1.79. The summed E-state index contributed by atoms with van der Waals surface area (Å²) in [5.41, 5.74) is 0.916. The molecule has 0 saturated carbocycles. The number of imide groups is 1. The third kappa shape index (κ3) is 5.15. The topological polar surface area (TPSA) is 94.4 Å². The number of hydrogen-bond acceptors (Lipinski definition) is 6. The number of rotatable bonds is 6. The van der Waals surface area contributed by atoms with E-state index >= 15 is 0 Å². The monoisotopic (exact) mass is 322 g/mol. The van der Waals surface area contributed by atoms with Gasteiger partial charge in [0.05, 0.1) is 5.69 Å². The Bertz CT molecular complexity index is 587. The van der Waals surface area contributed by atoms with Crippen LogP contribution >= 0.6 is 0 Å². The maximum absolute atomic E-state index is 11.7. The largest absolute Gasteiger partial charge is 0.333 e. The Kier molecular flexibility index (Phi) is 5.12. The predicted molar refractivity (Wildman–Crippen MR) is 79.6 cm³/mol. The minimum absolute atomic E-state index is 0.100. The number of carbonyl (C=O) groups excluding carboxylic acids is 3. The van der Waals surface area contributed by atoms with Gasteiger partial charge in [-0.1, -0.05) is 26.0 Å². The van der Waals surface area contributed by atoms with Gasteiger partial charge in [-0.05, 0) is 18.3 Å². The quantitative estimate of drug-likeness (QED) is 0.732. The molecule has 1 aliphatic heterocycles. The van der Waals surface area contributed by atoms with Crippen molar-refractivity contribution in [2.45, 2.75) is 59.4 Å². The molecule has 1 saturated heterocycles. The van der Waals surface area contributed by atoms with Gasteiger partial charge in [-0.2, -0.15) is 0 Å². The fourth-order valence-corrected chi connectivity index (χ4v) is 2.24. The van der Waals surface area contributed by atoms with Gasteiger partial charge in [0.2, 0.25) is 0 Å². The molecule has 1 aromatic heterocycles. The third-order valence-corrected chi connectivity index (χ3v) is 3.24. The Hall–Kier alpha value is -2.25. The van der Waals surface area contributed by atoms with Crippen LogP contribution in [0.15, 0.2) is 6.20 Å². The molecule has 2 amide bonds. The summed E-state index contributed by atoms with van der Waals surface area (Å²) in [7, 11) is 0. The molecule has 0 unspecified atom stereocenters. The average Bonchev–Trinajstić information content (AvgIpc) is 2.98. The molecule has 0 N–H and O–H groups in total. The van der Waals surface area contributed by atoms with Crippen LogP contribution < -0.4 is 0 Å². The van der Waals surface area contributed by atoms with Gasteiger partial charge < -0.3 is 4.84 Å². The van der Waals surface area contributed by atoms with Gasteiger partial charge in [0.25, 0.3) is 11.8 Å². The summed E-state index contributed by atoms with van der Waals surface area (Å²) in [6.45, 7) is 7.11. The minimum Gasteiger partial charge on any atom is -0.330 e. The second-order valence-electron chi connectivity index (χ2n) is 6.87. The minimum atomic E-state index is -0.587. The van der Waals surface area contributed by atoms with Crippen molar-refractivity contribution in [3.05, 3.63) is 11.9 Å². The third-order valence-electron chi connectivity index (χ3n) is 3.24. The summed E-state index contributed by atoms with van der Waals surface area (Å²) in [5.74, 6) is -1.52. The lowest BCUT2D eigenvalue weighted by Gasteiger charge is -2.16. The van der Waals surface area contributed by atoms with E-state index in [1.807, 2.05) is 6.20 Å². The molecular formula is C15H22N4O4. The molecule has 1 fully saturated rings. The van der Waals surface area contributed by atoms with Gasteiger partial charge in [0.15, 0.2) is 0 Å². The highest BCUT2D eigenvalue weighted by molar-refractivity contribution is 6.01. The molecule has 0 atom stereocenters. The van der Waals surface area contributed by atoms with Crippen LogP contribution in [0.4, 0.5) is 0 Å². The van der Waals surface area contributed by atoms with E-state index in [4.69, 9.17) is 4.84 Å². The number of amides is 2. The predicted octanol–water partition coefficient (Wildman–Crippen LogP) is 1.25. The van der Waals surface area contributed by atoms with Crippen LogP contribution in [0, 0.1) is 5.41 Å². The first-order valence-electron chi connectivity index (χ1n) is 7.70. The average molecular weight is 322 g/mol. The van der Waals surface area contributed by atoms with Crippen molar-refractivity contribution in [3.8, 4) is 0 Å². The second kappa shape index (κ2) is 6.89. The molecule has 126 valence electrons. The van der Waals surface area contributed by atoms with E-state index in [0.29, 0.717) is 17.9 Å². The van der Waals surface area contributed by atoms with Gasteiger partial charge in [0.1, 0.15) is 0 Å². The van der Waals surface area contributed by atoms with E-state index in [1.54, 1.807) is 4.68 Å². The number of aromatic nitrogens is 3. The van der Waals surface area contributed by atoms with Gasteiger partial charge in [-0.15, -0.1) is 10.2 Å². The molecular weight excluding hydrogens is 300 g/mol. The molecule has 2 heterocycles. The Morgan fingerprint density at radius 2 is 1.91 bits per heavy atom. The zero-order valence-corrected chi connectivity index (χ0v) is 13.7. The van der Waals surface area contributed by atoms with E-state index in [2.05, 4.69) is 31.1 Å². The summed E-state index contributed by atoms with van der Waals surface area (Å²) in [5, 5.41) is 8.69. The van der Waals surface area contributed by atoms with Crippen molar-refractivity contribution in [2.24, 2.45) is 5.41 Å². The zero-order chi connectivity index (χ0) is 17.0. The van der Waals surface area contributed by atoms with E-state index in [0.717, 1.165) is 12.2 Å². The van der Waals surface area contributed by atoms with Gasteiger partial charge >= 0.3 is 5.97 Å². The normalized spacial score (nSPS) is 15.3. The van der Waals surface area contributed by atoms with Crippen LogP contribution in [-0.4, -0.2) is 37.8 Å². The zero-order valence-electron chi connectivity index (χ0n) is 13.7. The van der Waals surface area contributed by atoms with Crippen LogP contribution in [0.2, 0.25) is 0 Å². The summed E-state index contributed by atoms with van der Waals surface area (Å²) in [6, 6.07) is 0. The van der Waals surface area contributed by atoms with Crippen molar-refractivity contribution in [1.82, 2.24) is 20.1 Å². The van der Waals surface area contributed by atoms with E-state index in [1.165, 1.54) is 0 Å². The maximum atomic E-state index is 11.7. The van der Waals surface area contributed by atoms with Crippen molar-refractivity contribution >= 4 is 17.8 Å². The van der Waals surface area contributed by atoms with Crippen molar-refractivity contribution < 1.29 is 19.2 Å². The van der Waals surface area contributed by atoms with Crippen LogP contribution in [0.25, 0.3) is 0 Å². The summed E-state index contributed by atoms with van der Waals surface area (Å²) >= 11 is 0. The van der Waals surface area contributed by atoms with Gasteiger partial charge in [-0.25, -0.2) is 4.79 Å². The fourth-order valence-electron chi connectivity index (χ4n) is 2.24. The summed E-state index contributed by atoms with van der Waals surface area (Å²) in [6.07, 6.45) is 3.28. The molecule has 0 aromatic carbocycles. The first-order valence-corrected chi connectivity index (χ1v) is 7.70. The molecule has 8 heteroatoms. The van der Waals surface area contributed by atoms with Crippen LogP contribution in [0.3, 0.4) is 0 Å². The fraction of sp³-hybridized carbons (Fsp3) is 0.667. The van der Waals surface area contributed by atoms with E-state index in [-0.39, 0.29) is 24.7 Å². The van der Waals surface area contributed by atoms with E-state index in [9.17, 15) is 14.4 Å². The van der Waals surface area contributed by atoms with E-state index < -0.39 is 17.8 Å². The molecule has 0 radical (unpaired) electrons. The number of carbonyl (C=O) groups is 3. The number of hydroxylamine groups is 2. The number of nitrogens with zero attached hydrogens (tertiary/aromatic N) is 4. The first-order chi connectivity index (χ1) is 10.7. The SMILES string of the molecule is CC(C)(C)Cn1cc(CCCC(=O)ON2C(=O)CCC2=O)nn1. The van der Waals surface area contributed by atoms with Crippen LogP contribution in [0.1, 0.15) is 52.1 Å². The van der Waals surface area contributed by atoms with Crippen LogP contribution in [0.5, 0.6) is 0 Å². The lowest BCUT2D eigenvalue weighted by molar-refractivity contribution is -0.197. The molecule has 0 aliphatic carbocycles. The lowest BCUT2D eigenvalue weighted by atomic mass is 9.97. The molecule has 0 spiro atoms. The standard InChI is InChI=1S/C15H22N4O4/c1-15(2,3)10-18-9-11(16-17-18)5-4-6-14(22)23-19-12(20)7-8-13(19)21/h9H,4-8,10H2,1-3H3. The van der Waals surface area contributed by atoms with Crippen molar-refractivity contribution in [2.75, 3.05) is 0 Å². The smallest absolute Gasteiger partial charge is 0.330 e. The Balaban J connectivity index is 1.73. The lowest BCUT2D eigenvalue weighted by Crippen LogP contribution is -2.32. The second-order valence-corrected chi connectivity index (χ2v) is 6.87. The van der Waals surface area contributed by atoms with Crippen molar-refractivity contribution in [3.63, 3.8) is 0 Å². The first kappa shape index (κ1) is 17.1. The molecule has 8 nitrogen and oxygen atoms in total. The van der Waals surface area contributed by atoms with Gasteiger partial charge in [-0.3, -0.25) is 14.3 Å². The number of aryl methyl sites for hydroxylation is 1. The molecule has 0 bridgehead atoms. The molecule has 1 aliphatic rings. The Morgan fingerprint density at radius 3 is 2.52 bits per heavy atom. The molecule has 23 heavy (non-hydrogen) atoms. The maximum Gasteiger partial charge on any atom is 0.333 e. The number of hydrogen-bond donors (Lipinski definition) is 0. The highest BCUT2D eigenvalue weighted by Gasteiger charge is 2.32. The molecule has 1 aromatic rings.